The van der Waals surface area contributed by atoms with Gasteiger partial charge in [0.2, 0.25) is 0 Å². The summed E-state index contributed by atoms with van der Waals surface area (Å²) in [5.41, 5.74) is 7.91. The third-order valence-corrected chi connectivity index (χ3v) is 4.63. The monoisotopic (exact) mass is 296 g/mol. The topological polar surface area (TPSA) is 32.3 Å². The van der Waals surface area contributed by atoms with Crippen LogP contribution >= 0.6 is 0 Å². The van der Waals surface area contributed by atoms with Crippen molar-refractivity contribution in [2.45, 2.75) is 34.6 Å². The Morgan fingerprint density at radius 3 is 1.77 bits per heavy atom. The van der Waals surface area contributed by atoms with Gasteiger partial charge in [-0.1, -0.05) is 18.2 Å². The zero-order valence-corrected chi connectivity index (χ0v) is 14.2. The van der Waals surface area contributed by atoms with Crippen molar-refractivity contribution in [2.75, 3.05) is 17.3 Å². The van der Waals surface area contributed by atoms with E-state index in [0.717, 1.165) is 22.5 Å². The van der Waals surface area contributed by atoms with E-state index in [1.807, 2.05) is 37.4 Å². The summed E-state index contributed by atoms with van der Waals surface area (Å²) in [4.78, 5) is 14.2. The second-order valence-corrected chi connectivity index (χ2v) is 5.83. The van der Waals surface area contributed by atoms with E-state index in [1.165, 1.54) is 16.7 Å². The number of benzene rings is 2. The lowest BCUT2D eigenvalue weighted by atomic mass is 9.92. The number of carbonyl (C=O) groups excluding carboxylic acids is 1. The number of urea groups is 1. The molecule has 0 saturated carbocycles. The lowest BCUT2D eigenvalue weighted by Gasteiger charge is -2.26. The Morgan fingerprint density at radius 1 is 0.818 bits per heavy atom. The molecule has 0 atom stereocenters. The summed E-state index contributed by atoms with van der Waals surface area (Å²) < 4.78 is 0. The summed E-state index contributed by atoms with van der Waals surface area (Å²) in [7, 11) is 1.82. The first-order chi connectivity index (χ1) is 10.3. The number of para-hydroxylation sites is 1. The third kappa shape index (κ3) is 2.84. The van der Waals surface area contributed by atoms with Crippen molar-refractivity contribution in [1.82, 2.24) is 0 Å². The molecule has 3 nitrogen and oxygen atoms in total. The van der Waals surface area contributed by atoms with Crippen molar-refractivity contribution < 1.29 is 4.79 Å². The molecule has 1 N–H and O–H groups in total. The van der Waals surface area contributed by atoms with Gasteiger partial charge >= 0.3 is 6.03 Å². The van der Waals surface area contributed by atoms with E-state index in [2.05, 4.69) is 39.9 Å². The minimum atomic E-state index is -0.125. The highest BCUT2D eigenvalue weighted by Gasteiger charge is 2.19. The number of rotatable bonds is 2. The van der Waals surface area contributed by atoms with E-state index >= 15 is 0 Å². The van der Waals surface area contributed by atoms with E-state index in [1.54, 1.807) is 4.90 Å². The molecule has 0 aliphatic carbocycles. The van der Waals surface area contributed by atoms with Gasteiger partial charge in [-0.05, 0) is 74.6 Å². The maximum atomic E-state index is 12.5. The average molecular weight is 296 g/mol. The number of nitrogens with one attached hydrogen (secondary N) is 1. The number of amides is 2. The Labute approximate surface area is 133 Å². The number of anilines is 2. The first kappa shape index (κ1) is 16.1. The maximum Gasteiger partial charge on any atom is 0.326 e. The fraction of sp³-hybridized carbons (Fsp3) is 0.316. The zero-order valence-electron chi connectivity index (χ0n) is 14.2. The van der Waals surface area contributed by atoms with Crippen molar-refractivity contribution in [3.05, 3.63) is 58.1 Å². The first-order valence-corrected chi connectivity index (χ1v) is 7.51. The van der Waals surface area contributed by atoms with Gasteiger partial charge in [-0.25, -0.2) is 4.79 Å². The molecule has 22 heavy (non-hydrogen) atoms. The summed E-state index contributed by atoms with van der Waals surface area (Å²) in [5, 5.41) is 2.94. The van der Waals surface area contributed by atoms with Crippen LogP contribution in [0.2, 0.25) is 0 Å². The predicted molar refractivity (Wildman–Crippen MR) is 94.0 cm³/mol. The van der Waals surface area contributed by atoms with Crippen LogP contribution in [-0.4, -0.2) is 13.1 Å². The summed E-state index contributed by atoms with van der Waals surface area (Å²) >= 11 is 0. The van der Waals surface area contributed by atoms with Gasteiger partial charge in [0.15, 0.2) is 0 Å². The van der Waals surface area contributed by atoms with Crippen LogP contribution in [0, 0.1) is 34.6 Å². The van der Waals surface area contributed by atoms with Crippen LogP contribution in [0.4, 0.5) is 16.2 Å². The van der Waals surface area contributed by atoms with E-state index in [-0.39, 0.29) is 6.03 Å². The molecular formula is C19H24N2O. The summed E-state index contributed by atoms with van der Waals surface area (Å²) in [6, 6.07) is 9.40. The highest BCUT2D eigenvalue weighted by molar-refractivity contribution is 6.02. The van der Waals surface area contributed by atoms with Crippen LogP contribution in [-0.2, 0) is 0 Å². The average Bonchev–Trinajstić information content (AvgIpc) is 2.52. The number of hydrogen-bond acceptors (Lipinski definition) is 1. The summed E-state index contributed by atoms with van der Waals surface area (Å²) in [6.07, 6.45) is 0. The molecule has 0 unspecified atom stereocenters. The summed E-state index contributed by atoms with van der Waals surface area (Å²) in [5.74, 6) is 0. The lowest BCUT2D eigenvalue weighted by molar-refractivity contribution is 0.258. The normalized spacial score (nSPS) is 10.5. The van der Waals surface area contributed by atoms with Gasteiger partial charge in [-0.15, -0.1) is 0 Å². The number of hydrogen-bond donors (Lipinski definition) is 1. The van der Waals surface area contributed by atoms with Gasteiger partial charge in [0.1, 0.15) is 0 Å². The third-order valence-electron chi connectivity index (χ3n) is 4.63. The maximum absolute atomic E-state index is 12.5. The molecule has 2 aromatic carbocycles. The molecule has 2 aromatic rings. The minimum Gasteiger partial charge on any atom is -0.308 e. The fourth-order valence-electron chi connectivity index (χ4n) is 2.81. The molecule has 0 heterocycles. The predicted octanol–water partition coefficient (Wildman–Crippen LogP) is 4.90. The van der Waals surface area contributed by atoms with Gasteiger partial charge in [0.05, 0.1) is 5.69 Å². The number of carbonyl (C=O) groups is 1. The molecule has 0 aromatic heterocycles. The smallest absolute Gasteiger partial charge is 0.308 e. The molecule has 0 fully saturated rings. The highest BCUT2D eigenvalue weighted by Crippen LogP contribution is 2.32. The van der Waals surface area contributed by atoms with Crippen molar-refractivity contribution in [3.8, 4) is 0 Å². The molecule has 0 bridgehead atoms. The Morgan fingerprint density at radius 2 is 1.27 bits per heavy atom. The van der Waals surface area contributed by atoms with E-state index in [4.69, 9.17) is 0 Å². The van der Waals surface area contributed by atoms with Crippen LogP contribution in [0.15, 0.2) is 30.3 Å². The van der Waals surface area contributed by atoms with Crippen molar-refractivity contribution in [1.29, 1.82) is 0 Å². The lowest BCUT2D eigenvalue weighted by Crippen LogP contribution is -2.32. The molecule has 2 rings (SSSR count). The van der Waals surface area contributed by atoms with E-state index in [9.17, 15) is 4.79 Å². The molecule has 0 aliphatic rings. The van der Waals surface area contributed by atoms with E-state index in [0.29, 0.717) is 0 Å². The van der Waals surface area contributed by atoms with Crippen LogP contribution in [0.25, 0.3) is 0 Å². The standard InChI is InChI=1S/C19H24N2O/c1-12-13(2)15(4)18(16(5)14(12)3)21(6)19(22)20-17-10-8-7-9-11-17/h7-11H,1-6H3,(H,20,22). The Bertz CT molecular complexity index is 676. The summed E-state index contributed by atoms with van der Waals surface area (Å²) in [6.45, 7) is 10.5. The molecule has 0 saturated heterocycles. The Balaban J connectivity index is 2.37. The SMILES string of the molecule is Cc1c(C)c(C)c(N(C)C(=O)Nc2ccccc2)c(C)c1C. The molecule has 116 valence electrons. The Kier molecular flexibility index (Phi) is 4.55. The fourth-order valence-corrected chi connectivity index (χ4v) is 2.81. The van der Waals surface area contributed by atoms with Gasteiger partial charge in [0.25, 0.3) is 0 Å². The van der Waals surface area contributed by atoms with Gasteiger partial charge in [-0.3, -0.25) is 4.90 Å². The van der Waals surface area contributed by atoms with Crippen molar-refractivity contribution >= 4 is 17.4 Å². The zero-order chi connectivity index (χ0) is 16.4. The van der Waals surface area contributed by atoms with Gasteiger partial charge < -0.3 is 5.32 Å². The van der Waals surface area contributed by atoms with Crippen LogP contribution in [0.3, 0.4) is 0 Å². The second kappa shape index (κ2) is 6.22. The van der Waals surface area contributed by atoms with Gasteiger partial charge in [-0.2, -0.15) is 0 Å². The molecule has 0 aliphatic heterocycles. The molecule has 0 radical (unpaired) electrons. The van der Waals surface area contributed by atoms with Crippen LogP contribution in [0.5, 0.6) is 0 Å². The minimum absolute atomic E-state index is 0.125. The second-order valence-electron chi connectivity index (χ2n) is 5.83. The van der Waals surface area contributed by atoms with Crippen molar-refractivity contribution in [3.63, 3.8) is 0 Å². The number of nitrogens with zero attached hydrogens (tertiary/aromatic N) is 1. The Hall–Kier alpha value is -2.29. The molecule has 0 spiro atoms. The van der Waals surface area contributed by atoms with E-state index < -0.39 is 0 Å². The largest absolute Gasteiger partial charge is 0.326 e. The molecule has 2 amide bonds. The van der Waals surface area contributed by atoms with Crippen LogP contribution < -0.4 is 10.2 Å². The quantitative estimate of drug-likeness (QED) is 0.840. The van der Waals surface area contributed by atoms with Gasteiger partial charge in [0, 0.05) is 12.7 Å². The van der Waals surface area contributed by atoms with Crippen LogP contribution in [0.1, 0.15) is 27.8 Å². The molecular weight excluding hydrogens is 272 g/mol. The highest BCUT2D eigenvalue weighted by atomic mass is 16.2. The molecule has 3 heteroatoms. The van der Waals surface area contributed by atoms with Crippen molar-refractivity contribution in [2.24, 2.45) is 0 Å². The first-order valence-electron chi connectivity index (χ1n) is 7.51.